The zero-order valence-electron chi connectivity index (χ0n) is 16.3. The van der Waals surface area contributed by atoms with E-state index in [0.717, 1.165) is 33.3 Å². The van der Waals surface area contributed by atoms with Crippen molar-refractivity contribution < 1.29 is 4.42 Å². The molecule has 5 aromatic carbocycles. The maximum atomic E-state index is 6.37. The number of para-hydroxylation sites is 1. The van der Waals surface area contributed by atoms with Crippen LogP contribution in [0.1, 0.15) is 0 Å². The molecule has 6 aromatic rings. The number of hydrogen-bond acceptors (Lipinski definition) is 2. The summed E-state index contributed by atoms with van der Waals surface area (Å²) >= 11 is 0. The highest BCUT2D eigenvalue weighted by Crippen LogP contribution is 2.41. The van der Waals surface area contributed by atoms with E-state index >= 15 is 0 Å². The lowest BCUT2D eigenvalue weighted by Crippen LogP contribution is -1.93. The second-order valence-electron chi connectivity index (χ2n) is 7.48. The number of anilines is 2. The number of nitrogens with one attached hydrogen (secondary N) is 1. The van der Waals surface area contributed by atoms with E-state index in [2.05, 4.69) is 96.3 Å². The summed E-state index contributed by atoms with van der Waals surface area (Å²) < 4.78 is 6.37. The molecular formula is C28H19NO. The lowest BCUT2D eigenvalue weighted by Gasteiger charge is -2.12. The van der Waals surface area contributed by atoms with Crippen molar-refractivity contribution >= 4 is 44.1 Å². The van der Waals surface area contributed by atoms with E-state index in [4.69, 9.17) is 4.42 Å². The zero-order valence-corrected chi connectivity index (χ0v) is 16.3. The molecule has 1 N–H and O–H groups in total. The van der Waals surface area contributed by atoms with Crippen molar-refractivity contribution in [1.29, 1.82) is 0 Å². The summed E-state index contributed by atoms with van der Waals surface area (Å²) in [6.07, 6.45) is 0. The van der Waals surface area contributed by atoms with Gasteiger partial charge in [0.15, 0.2) is 5.58 Å². The van der Waals surface area contributed by atoms with Crippen molar-refractivity contribution in [2.75, 3.05) is 5.32 Å². The van der Waals surface area contributed by atoms with Gasteiger partial charge in [-0.3, -0.25) is 0 Å². The summed E-state index contributed by atoms with van der Waals surface area (Å²) in [4.78, 5) is 0. The van der Waals surface area contributed by atoms with Gasteiger partial charge in [-0.25, -0.2) is 0 Å². The van der Waals surface area contributed by atoms with Gasteiger partial charge < -0.3 is 9.73 Å². The summed E-state index contributed by atoms with van der Waals surface area (Å²) in [6, 6.07) is 37.8. The SMILES string of the molecule is c1ccc(-c2ccc(Nc3cccc4ccccc34)c3oc4ccccc4c23)cc1. The van der Waals surface area contributed by atoms with Crippen LogP contribution in [0, 0.1) is 0 Å². The summed E-state index contributed by atoms with van der Waals surface area (Å²) in [5.74, 6) is 0. The van der Waals surface area contributed by atoms with Crippen LogP contribution in [0.4, 0.5) is 11.4 Å². The molecule has 0 unspecified atom stereocenters. The lowest BCUT2D eigenvalue weighted by atomic mass is 9.98. The van der Waals surface area contributed by atoms with Crippen molar-refractivity contribution in [3.05, 3.63) is 109 Å². The zero-order chi connectivity index (χ0) is 19.9. The summed E-state index contributed by atoms with van der Waals surface area (Å²) in [6.45, 7) is 0. The van der Waals surface area contributed by atoms with Gasteiger partial charge in [-0.1, -0.05) is 91.0 Å². The van der Waals surface area contributed by atoms with Crippen LogP contribution in [0.3, 0.4) is 0 Å². The van der Waals surface area contributed by atoms with Gasteiger partial charge in [0.25, 0.3) is 0 Å². The molecule has 0 aliphatic carbocycles. The van der Waals surface area contributed by atoms with Crippen molar-refractivity contribution in [2.24, 2.45) is 0 Å². The Bertz CT molecular complexity index is 1510. The van der Waals surface area contributed by atoms with E-state index in [-0.39, 0.29) is 0 Å². The first-order chi connectivity index (χ1) is 14.9. The Morgan fingerprint density at radius 3 is 2.17 bits per heavy atom. The molecule has 0 radical (unpaired) electrons. The molecule has 30 heavy (non-hydrogen) atoms. The Morgan fingerprint density at radius 2 is 1.27 bits per heavy atom. The minimum atomic E-state index is 0.880. The average molecular weight is 385 g/mol. The normalized spacial score (nSPS) is 11.3. The Hall–Kier alpha value is -4.04. The molecule has 0 bridgehead atoms. The molecule has 2 nitrogen and oxygen atoms in total. The van der Waals surface area contributed by atoms with Crippen LogP contribution in [0.2, 0.25) is 0 Å². The molecule has 0 aliphatic rings. The third kappa shape index (κ3) is 2.66. The van der Waals surface area contributed by atoms with Crippen LogP contribution < -0.4 is 5.32 Å². The van der Waals surface area contributed by atoms with Crippen molar-refractivity contribution in [1.82, 2.24) is 0 Å². The maximum absolute atomic E-state index is 6.37. The fourth-order valence-electron chi connectivity index (χ4n) is 4.26. The third-order valence-corrected chi connectivity index (χ3v) is 5.67. The van der Waals surface area contributed by atoms with E-state index in [1.54, 1.807) is 0 Å². The van der Waals surface area contributed by atoms with Crippen LogP contribution in [0.5, 0.6) is 0 Å². The van der Waals surface area contributed by atoms with Gasteiger partial charge >= 0.3 is 0 Å². The summed E-state index contributed by atoms with van der Waals surface area (Å²) in [7, 11) is 0. The summed E-state index contributed by atoms with van der Waals surface area (Å²) in [5, 5.41) is 8.31. The Balaban J connectivity index is 1.61. The molecule has 142 valence electrons. The van der Waals surface area contributed by atoms with Gasteiger partial charge in [-0.05, 0) is 34.7 Å². The fourth-order valence-corrected chi connectivity index (χ4v) is 4.26. The van der Waals surface area contributed by atoms with E-state index in [1.165, 1.54) is 21.9 Å². The van der Waals surface area contributed by atoms with Gasteiger partial charge in [0.1, 0.15) is 5.58 Å². The molecule has 6 rings (SSSR count). The third-order valence-electron chi connectivity index (χ3n) is 5.67. The minimum Gasteiger partial charge on any atom is -0.454 e. The van der Waals surface area contributed by atoms with Crippen LogP contribution >= 0.6 is 0 Å². The topological polar surface area (TPSA) is 25.2 Å². The molecule has 0 atom stereocenters. The molecule has 1 aromatic heterocycles. The first-order valence-corrected chi connectivity index (χ1v) is 10.1. The molecular weight excluding hydrogens is 366 g/mol. The smallest absolute Gasteiger partial charge is 0.159 e. The first kappa shape index (κ1) is 16.9. The molecule has 0 fully saturated rings. The van der Waals surface area contributed by atoms with Crippen LogP contribution in [0.25, 0.3) is 43.8 Å². The van der Waals surface area contributed by atoms with Crippen LogP contribution in [-0.4, -0.2) is 0 Å². The predicted molar refractivity (Wildman–Crippen MR) is 126 cm³/mol. The number of rotatable bonds is 3. The second kappa shape index (κ2) is 6.78. The van der Waals surface area contributed by atoms with Crippen molar-refractivity contribution in [2.45, 2.75) is 0 Å². The van der Waals surface area contributed by atoms with Gasteiger partial charge in [-0.15, -0.1) is 0 Å². The predicted octanol–water partition coefficient (Wildman–Crippen LogP) is 8.15. The lowest BCUT2D eigenvalue weighted by molar-refractivity contribution is 0.670. The van der Waals surface area contributed by atoms with E-state index in [9.17, 15) is 0 Å². The quantitative estimate of drug-likeness (QED) is 0.332. The van der Waals surface area contributed by atoms with Gasteiger partial charge in [0.2, 0.25) is 0 Å². The molecule has 0 spiro atoms. The highest BCUT2D eigenvalue weighted by Gasteiger charge is 2.16. The van der Waals surface area contributed by atoms with Crippen LogP contribution in [-0.2, 0) is 0 Å². The van der Waals surface area contributed by atoms with Crippen LogP contribution in [0.15, 0.2) is 114 Å². The molecule has 0 amide bonds. The molecule has 2 heteroatoms. The van der Waals surface area contributed by atoms with E-state index in [1.807, 2.05) is 18.2 Å². The van der Waals surface area contributed by atoms with Crippen molar-refractivity contribution in [3.8, 4) is 11.1 Å². The Morgan fingerprint density at radius 1 is 0.533 bits per heavy atom. The highest BCUT2D eigenvalue weighted by atomic mass is 16.3. The molecule has 0 saturated carbocycles. The fraction of sp³-hybridized carbons (Fsp3) is 0. The maximum Gasteiger partial charge on any atom is 0.159 e. The number of benzene rings is 5. The van der Waals surface area contributed by atoms with Crippen molar-refractivity contribution in [3.63, 3.8) is 0 Å². The second-order valence-corrected chi connectivity index (χ2v) is 7.48. The van der Waals surface area contributed by atoms with Gasteiger partial charge in [0.05, 0.1) is 5.69 Å². The first-order valence-electron chi connectivity index (χ1n) is 10.1. The van der Waals surface area contributed by atoms with Gasteiger partial charge in [-0.2, -0.15) is 0 Å². The Kier molecular flexibility index (Phi) is 3.82. The standard InChI is InChI=1S/C28H19NO/c1-2-9-20(10-3-1)22-17-18-25(28-27(22)23-14-6-7-16-26(23)30-28)29-24-15-8-12-19-11-4-5-13-21(19)24/h1-18,29H. The minimum absolute atomic E-state index is 0.880. The number of hydrogen-bond donors (Lipinski definition) is 1. The summed E-state index contributed by atoms with van der Waals surface area (Å²) in [5.41, 5.74) is 6.19. The van der Waals surface area contributed by atoms with Gasteiger partial charge in [0, 0.05) is 21.8 Å². The largest absolute Gasteiger partial charge is 0.454 e. The molecule has 0 aliphatic heterocycles. The molecule has 1 heterocycles. The number of furan rings is 1. The average Bonchev–Trinajstić information content (AvgIpc) is 3.20. The molecule has 0 saturated heterocycles. The number of fused-ring (bicyclic) bond motifs is 4. The monoisotopic (exact) mass is 385 g/mol. The van der Waals surface area contributed by atoms with E-state index < -0.39 is 0 Å². The highest BCUT2D eigenvalue weighted by molar-refractivity contribution is 6.16. The Labute approximate surface area is 174 Å². The van der Waals surface area contributed by atoms with E-state index in [0.29, 0.717) is 0 Å².